The van der Waals surface area contributed by atoms with Gasteiger partial charge in [-0.3, -0.25) is 14.4 Å². The number of carbonyl (C=O) groups excluding carboxylic acids is 3. The minimum Gasteiger partial charge on any atom is -0.351 e. The number of aromatic nitrogens is 1. The second-order valence-corrected chi connectivity index (χ2v) is 10.1. The lowest BCUT2D eigenvalue weighted by atomic mass is 9.92. The van der Waals surface area contributed by atoms with E-state index in [0.717, 1.165) is 25.0 Å². The first-order valence-electron chi connectivity index (χ1n) is 10.9. The Hall–Kier alpha value is -3.03. The molecular weight excluding hydrogens is 439 g/mol. The van der Waals surface area contributed by atoms with Gasteiger partial charge >= 0.3 is 6.18 Å². The van der Waals surface area contributed by atoms with Gasteiger partial charge in [0.2, 0.25) is 11.8 Å². The number of amides is 3. The number of hydrogen-bond donors (Lipinski definition) is 3. The van der Waals surface area contributed by atoms with E-state index in [4.69, 9.17) is 0 Å². The van der Waals surface area contributed by atoms with Crippen molar-refractivity contribution in [1.29, 1.82) is 5.26 Å². The third-order valence-corrected chi connectivity index (χ3v) is 6.83. The van der Waals surface area contributed by atoms with E-state index in [1.54, 1.807) is 0 Å². The SMILES string of the molecule is CC1(C)CC(CC(C#N)NC(=O)C2CC3(CC3)CN2C(=O)c2ccc(C(F)(F)F)[nH]2)C(=O)N1. The fraction of sp³-hybridized carbons (Fsp3) is 0.636. The molecule has 4 rings (SSSR count). The Morgan fingerprint density at radius 1 is 1.30 bits per heavy atom. The van der Waals surface area contributed by atoms with Crippen LogP contribution in [0.1, 0.15) is 62.1 Å². The number of hydrogen-bond acceptors (Lipinski definition) is 4. The Morgan fingerprint density at radius 3 is 2.52 bits per heavy atom. The third-order valence-electron chi connectivity index (χ3n) is 6.83. The normalized spacial score (nSPS) is 26.1. The Bertz CT molecular complexity index is 1020. The van der Waals surface area contributed by atoms with Gasteiger partial charge in [0, 0.05) is 18.0 Å². The molecule has 3 heterocycles. The molecule has 1 aromatic heterocycles. The topological polar surface area (TPSA) is 118 Å². The summed E-state index contributed by atoms with van der Waals surface area (Å²) in [5.74, 6) is -1.80. The number of H-pyrrole nitrogens is 1. The van der Waals surface area contributed by atoms with Gasteiger partial charge in [-0.15, -0.1) is 0 Å². The summed E-state index contributed by atoms with van der Waals surface area (Å²) in [5, 5.41) is 15.1. The van der Waals surface area contributed by atoms with E-state index in [1.807, 2.05) is 19.9 Å². The molecule has 1 aromatic rings. The number of nitrogens with zero attached hydrogens (tertiary/aromatic N) is 2. The zero-order chi connectivity index (χ0) is 24.2. The summed E-state index contributed by atoms with van der Waals surface area (Å²) in [7, 11) is 0. The van der Waals surface area contributed by atoms with Crippen LogP contribution in [0.3, 0.4) is 0 Å². The molecule has 178 valence electrons. The number of nitrogens with one attached hydrogen (secondary N) is 3. The summed E-state index contributed by atoms with van der Waals surface area (Å²) >= 11 is 0. The van der Waals surface area contributed by atoms with Crippen molar-refractivity contribution in [3.63, 3.8) is 0 Å². The number of aromatic amines is 1. The largest absolute Gasteiger partial charge is 0.431 e. The summed E-state index contributed by atoms with van der Waals surface area (Å²) in [6, 6.07) is 2.07. The van der Waals surface area contributed by atoms with E-state index in [1.165, 1.54) is 4.90 Å². The average Bonchev–Trinajstić information content (AvgIpc) is 3.05. The second-order valence-electron chi connectivity index (χ2n) is 10.1. The van der Waals surface area contributed by atoms with Crippen molar-refractivity contribution in [2.45, 2.75) is 69.8 Å². The van der Waals surface area contributed by atoms with Gasteiger partial charge in [-0.25, -0.2) is 0 Å². The number of carbonyl (C=O) groups is 3. The van der Waals surface area contributed by atoms with Crippen LogP contribution in [-0.4, -0.2) is 51.8 Å². The Morgan fingerprint density at radius 2 is 2.00 bits per heavy atom. The van der Waals surface area contributed by atoms with Crippen LogP contribution >= 0.6 is 0 Å². The summed E-state index contributed by atoms with van der Waals surface area (Å²) in [6.45, 7) is 4.04. The van der Waals surface area contributed by atoms with Gasteiger partial charge in [0.25, 0.3) is 5.91 Å². The molecule has 11 heteroatoms. The molecule has 0 aromatic carbocycles. The highest BCUT2D eigenvalue weighted by atomic mass is 19.4. The Kier molecular flexibility index (Phi) is 5.46. The van der Waals surface area contributed by atoms with Crippen LogP contribution in [0.25, 0.3) is 0 Å². The van der Waals surface area contributed by atoms with E-state index in [9.17, 15) is 32.8 Å². The van der Waals surface area contributed by atoms with E-state index >= 15 is 0 Å². The predicted molar refractivity (Wildman–Crippen MR) is 109 cm³/mol. The maximum Gasteiger partial charge on any atom is 0.431 e. The minimum absolute atomic E-state index is 0.148. The molecule has 3 aliphatic rings. The second kappa shape index (κ2) is 7.78. The zero-order valence-electron chi connectivity index (χ0n) is 18.4. The fourth-order valence-corrected chi connectivity index (χ4v) is 4.96. The molecule has 1 spiro atoms. The summed E-state index contributed by atoms with van der Waals surface area (Å²) < 4.78 is 38.8. The third kappa shape index (κ3) is 4.70. The van der Waals surface area contributed by atoms with E-state index < -0.39 is 41.7 Å². The number of alkyl halides is 3. The van der Waals surface area contributed by atoms with Gasteiger partial charge in [0.1, 0.15) is 23.5 Å². The van der Waals surface area contributed by atoms with Crippen molar-refractivity contribution in [3.05, 3.63) is 23.5 Å². The van der Waals surface area contributed by atoms with Crippen LogP contribution < -0.4 is 10.6 Å². The monoisotopic (exact) mass is 465 g/mol. The first-order valence-corrected chi connectivity index (χ1v) is 10.9. The molecule has 2 aliphatic heterocycles. The van der Waals surface area contributed by atoms with E-state index in [-0.39, 0.29) is 35.5 Å². The van der Waals surface area contributed by atoms with Gasteiger partial charge in [-0.1, -0.05) is 0 Å². The highest BCUT2D eigenvalue weighted by Crippen LogP contribution is 2.55. The number of halogens is 3. The molecular formula is C22H26F3N5O3. The standard InChI is InChI=1S/C22H26F3N5O3/c1-20(2)8-12(17(31)29-20)7-13(10-26)27-18(32)15-9-21(5-6-21)11-30(15)19(33)14-3-4-16(28-14)22(23,24)25/h3-4,12-13,15,28H,5-9,11H2,1-2H3,(H,27,32)(H,29,31). The Labute approximate surface area is 188 Å². The van der Waals surface area contributed by atoms with Crippen LogP contribution in [0.4, 0.5) is 13.2 Å². The highest BCUT2D eigenvalue weighted by molar-refractivity contribution is 5.97. The van der Waals surface area contributed by atoms with Crippen LogP contribution in [-0.2, 0) is 15.8 Å². The first kappa shape index (κ1) is 23.1. The van der Waals surface area contributed by atoms with Gasteiger partial charge in [-0.05, 0) is 63.5 Å². The van der Waals surface area contributed by atoms with Crippen molar-refractivity contribution in [3.8, 4) is 6.07 Å². The van der Waals surface area contributed by atoms with Crippen LogP contribution in [0.15, 0.2) is 12.1 Å². The van der Waals surface area contributed by atoms with Crippen LogP contribution in [0.2, 0.25) is 0 Å². The van der Waals surface area contributed by atoms with Gasteiger partial charge < -0.3 is 20.5 Å². The molecule has 3 unspecified atom stereocenters. The molecule has 1 saturated carbocycles. The Balaban J connectivity index is 1.46. The van der Waals surface area contributed by atoms with Gasteiger partial charge in [-0.2, -0.15) is 18.4 Å². The zero-order valence-corrected chi connectivity index (χ0v) is 18.4. The quantitative estimate of drug-likeness (QED) is 0.619. The van der Waals surface area contributed by atoms with Gasteiger partial charge in [0.15, 0.2) is 0 Å². The lowest BCUT2D eigenvalue weighted by Crippen LogP contribution is -2.49. The van der Waals surface area contributed by atoms with Crippen molar-refractivity contribution < 1.29 is 27.6 Å². The molecule has 3 atom stereocenters. The van der Waals surface area contributed by atoms with Crippen molar-refractivity contribution in [2.24, 2.45) is 11.3 Å². The van der Waals surface area contributed by atoms with Crippen molar-refractivity contribution in [1.82, 2.24) is 20.5 Å². The average molecular weight is 465 g/mol. The molecule has 3 fully saturated rings. The fourth-order valence-electron chi connectivity index (χ4n) is 4.96. The maximum atomic E-state index is 13.1. The first-order chi connectivity index (χ1) is 15.3. The lowest BCUT2D eigenvalue weighted by Gasteiger charge is -2.25. The summed E-state index contributed by atoms with van der Waals surface area (Å²) in [5.41, 5.74) is -1.85. The summed E-state index contributed by atoms with van der Waals surface area (Å²) in [4.78, 5) is 41.7. The van der Waals surface area contributed by atoms with Crippen molar-refractivity contribution >= 4 is 17.7 Å². The molecule has 3 amide bonds. The van der Waals surface area contributed by atoms with E-state index in [0.29, 0.717) is 12.8 Å². The molecule has 33 heavy (non-hydrogen) atoms. The van der Waals surface area contributed by atoms with E-state index in [2.05, 4.69) is 15.6 Å². The van der Waals surface area contributed by atoms with Crippen LogP contribution in [0, 0.1) is 22.7 Å². The lowest BCUT2D eigenvalue weighted by molar-refractivity contribution is -0.140. The molecule has 0 radical (unpaired) electrons. The maximum absolute atomic E-state index is 13.1. The summed E-state index contributed by atoms with van der Waals surface area (Å²) in [6.07, 6.45) is -1.87. The van der Waals surface area contributed by atoms with Crippen molar-refractivity contribution in [2.75, 3.05) is 6.54 Å². The smallest absolute Gasteiger partial charge is 0.351 e. The van der Waals surface area contributed by atoms with Crippen LogP contribution in [0.5, 0.6) is 0 Å². The molecule has 8 nitrogen and oxygen atoms in total. The van der Waals surface area contributed by atoms with Gasteiger partial charge in [0.05, 0.1) is 6.07 Å². The molecule has 3 N–H and O–H groups in total. The number of rotatable bonds is 5. The molecule has 1 aliphatic carbocycles. The number of likely N-dealkylation sites (tertiary alicyclic amines) is 1. The number of nitriles is 1. The molecule has 0 bridgehead atoms. The molecule has 2 saturated heterocycles. The minimum atomic E-state index is -4.61. The predicted octanol–water partition coefficient (Wildman–Crippen LogP) is 2.34. The highest BCUT2D eigenvalue weighted by Gasteiger charge is 2.55.